The first-order chi connectivity index (χ1) is 8.13. The summed E-state index contributed by atoms with van der Waals surface area (Å²) >= 11 is 0. The summed E-state index contributed by atoms with van der Waals surface area (Å²) in [5.74, 6) is -1.07. The Hall–Kier alpha value is -2.24. The quantitative estimate of drug-likeness (QED) is 0.784. The number of nitrogens with zero attached hydrogens (tertiary/aromatic N) is 2. The highest BCUT2D eigenvalue weighted by Crippen LogP contribution is 2.24. The second kappa shape index (κ2) is 4.32. The lowest BCUT2D eigenvalue weighted by atomic mass is 9.94. The lowest BCUT2D eigenvalue weighted by Gasteiger charge is -2.09. The third-order valence-electron chi connectivity index (χ3n) is 2.65. The fourth-order valence-corrected chi connectivity index (χ4v) is 1.69. The zero-order valence-electron chi connectivity index (χ0n) is 9.03. The SMILES string of the molecule is CC1C(c2ccc(O)cc2)=NOC1C(=O)N=O. The average Bonchev–Trinajstić information content (AvgIpc) is 2.71. The number of aromatic hydroxyl groups is 1. The van der Waals surface area contributed by atoms with Crippen molar-refractivity contribution in [2.24, 2.45) is 16.3 Å². The predicted molar refractivity (Wildman–Crippen MR) is 59.5 cm³/mol. The Morgan fingerprint density at radius 2 is 2.06 bits per heavy atom. The second-order valence-corrected chi connectivity index (χ2v) is 3.77. The molecule has 1 amide bonds. The van der Waals surface area contributed by atoms with Crippen LogP contribution in [0.5, 0.6) is 5.75 Å². The van der Waals surface area contributed by atoms with Crippen LogP contribution < -0.4 is 0 Å². The van der Waals surface area contributed by atoms with Gasteiger partial charge < -0.3 is 9.94 Å². The molecule has 0 aromatic heterocycles. The molecule has 2 rings (SSSR count). The first-order valence-electron chi connectivity index (χ1n) is 5.04. The molecule has 0 bridgehead atoms. The van der Waals surface area contributed by atoms with Gasteiger partial charge in [0.25, 0.3) is 0 Å². The summed E-state index contributed by atoms with van der Waals surface area (Å²) in [6.45, 7) is 1.73. The summed E-state index contributed by atoms with van der Waals surface area (Å²) < 4.78 is 0. The number of rotatable bonds is 2. The van der Waals surface area contributed by atoms with Crippen LogP contribution in [0, 0.1) is 10.8 Å². The van der Waals surface area contributed by atoms with E-state index in [0.717, 1.165) is 5.56 Å². The van der Waals surface area contributed by atoms with Gasteiger partial charge in [0, 0.05) is 10.7 Å². The first-order valence-corrected chi connectivity index (χ1v) is 5.04. The Bertz CT molecular complexity index is 481. The molecule has 1 aromatic carbocycles. The third kappa shape index (κ3) is 2.01. The van der Waals surface area contributed by atoms with Crippen molar-refractivity contribution < 1.29 is 14.7 Å². The van der Waals surface area contributed by atoms with E-state index >= 15 is 0 Å². The summed E-state index contributed by atoms with van der Waals surface area (Å²) in [6, 6.07) is 6.35. The topological polar surface area (TPSA) is 88.3 Å². The van der Waals surface area contributed by atoms with Gasteiger partial charge in [-0.15, -0.1) is 4.91 Å². The molecule has 17 heavy (non-hydrogen) atoms. The fourth-order valence-electron chi connectivity index (χ4n) is 1.69. The average molecular weight is 234 g/mol. The molecule has 0 aliphatic carbocycles. The molecule has 0 spiro atoms. The van der Waals surface area contributed by atoms with E-state index < -0.39 is 12.0 Å². The van der Waals surface area contributed by atoms with E-state index in [1.165, 1.54) is 12.1 Å². The number of amides is 1. The largest absolute Gasteiger partial charge is 0.508 e. The lowest BCUT2D eigenvalue weighted by Crippen LogP contribution is -2.28. The molecule has 1 aliphatic heterocycles. The fraction of sp³-hybridized carbons (Fsp3) is 0.273. The summed E-state index contributed by atoms with van der Waals surface area (Å²) in [7, 11) is 0. The minimum absolute atomic E-state index is 0.142. The van der Waals surface area contributed by atoms with Crippen molar-refractivity contribution in [3.05, 3.63) is 34.7 Å². The van der Waals surface area contributed by atoms with E-state index in [2.05, 4.69) is 10.3 Å². The van der Waals surface area contributed by atoms with E-state index in [4.69, 9.17) is 9.94 Å². The van der Waals surface area contributed by atoms with Gasteiger partial charge in [0.05, 0.1) is 11.6 Å². The summed E-state index contributed by atoms with van der Waals surface area (Å²) in [5.41, 5.74) is 1.29. The van der Waals surface area contributed by atoms with Crippen LogP contribution in [0.25, 0.3) is 0 Å². The molecular weight excluding hydrogens is 224 g/mol. The molecule has 1 N–H and O–H groups in total. The summed E-state index contributed by atoms with van der Waals surface area (Å²) in [5, 5.41) is 15.3. The zero-order chi connectivity index (χ0) is 12.4. The van der Waals surface area contributed by atoms with Crippen molar-refractivity contribution in [2.45, 2.75) is 13.0 Å². The van der Waals surface area contributed by atoms with Gasteiger partial charge in [0.15, 0.2) is 0 Å². The van der Waals surface area contributed by atoms with E-state index in [1.54, 1.807) is 19.1 Å². The minimum Gasteiger partial charge on any atom is -0.508 e. The molecule has 6 heteroatoms. The Labute approximate surface area is 96.9 Å². The zero-order valence-corrected chi connectivity index (χ0v) is 9.03. The van der Waals surface area contributed by atoms with Crippen molar-refractivity contribution in [1.29, 1.82) is 0 Å². The highest BCUT2D eigenvalue weighted by molar-refractivity contribution is 6.05. The van der Waals surface area contributed by atoms with Crippen LogP contribution in [-0.4, -0.2) is 22.8 Å². The van der Waals surface area contributed by atoms with Gasteiger partial charge in [-0.05, 0) is 24.3 Å². The van der Waals surface area contributed by atoms with Gasteiger partial charge in [-0.25, -0.2) is 0 Å². The number of oxime groups is 1. The van der Waals surface area contributed by atoms with E-state index in [0.29, 0.717) is 5.71 Å². The standard InChI is InChI=1S/C11H10N2O4/c1-6-9(7-2-4-8(14)5-3-7)13-17-10(6)11(15)12-16/h2-6,10,14H,1H3. The van der Waals surface area contributed by atoms with Crippen molar-refractivity contribution in [3.63, 3.8) is 0 Å². The van der Waals surface area contributed by atoms with Gasteiger partial charge >= 0.3 is 5.91 Å². The van der Waals surface area contributed by atoms with Crippen LogP contribution in [-0.2, 0) is 9.63 Å². The van der Waals surface area contributed by atoms with Crippen LogP contribution in [0.2, 0.25) is 0 Å². The third-order valence-corrected chi connectivity index (χ3v) is 2.65. The number of phenolic OH excluding ortho intramolecular Hbond substituents is 1. The van der Waals surface area contributed by atoms with Crippen LogP contribution >= 0.6 is 0 Å². The maximum atomic E-state index is 11.1. The maximum Gasteiger partial charge on any atom is 0.330 e. The first kappa shape index (κ1) is 11.3. The predicted octanol–water partition coefficient (Wildman–Crippen LogP) is 1.42. The van der Waals surface area contributed by atoms with Gasteiger partial charge in [-0.3, -0.25) is 4.79 Å². The molecular formula is C11H10N2O4. The van der Waals surface area contributed by atoms with E-state index in [1.807, 2.05) is 0 Å². The highest BCUT2D eigenvalue weighted by atomic mass is 16.6. The number of benzene rings is 1. The molecule has 0 fully saturated rings. The number of hydrogen-bond donors (Lipinski definition) is 1. The molecule has 1 heterocycles. The smallest absolute Gasteiger partial charge is 0.330 e. The minimum atomic E-state index is -0.948. The van der Waals surface area contributed by atoms with Gasteiger partial charge in [0.1, 0.15) is 5.75 Å². The molecule has 1 aliphatic rings. The van der Waals surface area contributed by atoms with Gasteiger partial charge in [0.2, 0.25) is 6.10 Å². The van der Waals surface area contributed by atoms with Crippen molar-refractivity contribution in [1.82, 2.24) is 0 Å². The van der Waals surface area contributed by atoms with Gasteiger partial charge in [-0.1, -0.05) is 12.1 Å². The van der Waals surface area contributed by atoms with Crippen LogP contribution in [0.3, 0.4) is 0 Å². The van der Waals surface area contributed by atoms with Crippen LogP contribution in [0.15, 0.2) is 34.6 Å². The maximum absolute atomic E-state index is 11.1. The van der Waals surface area contributed by atoms with Crippen molar-refractivity contribution >= 4 is 11.6 Å². The van der Waals surface area contributed by atoms with Crippen LogP contribution in [0.4, 0.5) is 0 Å². The van der Waals surface area contributed by atoms with Crippen molar-refractivity contribution in [3.8, 4) is 5.75 Å². The number of carbonyl (C=O) groups excluding carboxylic acids is 1. The van der Waals surface area contributed by atoms with E-state index in [9.17, 15) is 9.70 Å². The molecule has 1 aromatic rings. The van der Waals surface area contributed by atoms with Crippen LogP contribution in [0.1, 0.15) is 12.5 Å². The second-order valence-electron chi connectivity index (χ2n) is 3.77. The van der Waals surface area contributed by atoms with Crippen molar-refractivity contribution in [2.75, 3.05) is 0 Å². The monoisotopic (exact) mass is 234 g/mol. The number of carbonyl (C=O) groups is 1. The molecule has 2 unspecified atom stereocenters. The Kier molecular flexibility index (Phi) is 2.86. The normalized spacial score (nSPS) is 22.8. The summed E-state index contributed by atoms with van der Waals surface area (Å²) in [6.07, 6.45) is -0.948. The molecule has 0 saturated carbocycles. The Morgan fingerprint density at radius 1 is 1.41 bits per heavy atom. The Morgan fingerprint density at radius 3 is 2.65 bits per heavy atom. The Balaban J connectivity index is 2.22. The molecule has 0 saturated heterocycles. The lowest BCUT2D eigenvalue weighted by molar-refractivity contribution is -0.129. The number of nitroso groups, excluding NO2 is 1. The molecule has 0 radical (unpaired) electrons. The van der Waals surface area contributed by atoms with E-state index in [-0.39, 0.29) is 11.7 Å². The molecule has 2 atom stereocenters. The number of phenols is 1. The number of hydrogen-bond acceptors (Lipinski definition) is 5. The summed E-state index contributed by atoms with van der Waals surface area (Å²) in [4.78, 5) is 26.2. The van der Waals surface area contributed by atoms with Gasteiger partial charge in [-0.2, -0.15) is 0 Å². The molecule has 6 nitrogen and oxygen atoms in total. The highest BCUT2D eigenvalue weighted by Gasteiger charge is 2.37. The molecule has 88 valence electrons.